The number of hydrogen-bond donors (Lipinski definition) is 0. The molecule has 8 heteroatoms. The van der Waals surface area contributed by atoms with Gasteiger partial charge in [0, 0.05) is 37.6 Å². The molecule has 0 bridgehead atoms. The van der Waals surface area contributed by atoms with Gasteiger partial charge in [0.05, 0.1) is 10.5 Å². The molecule has 0 aromatic heterocycles. The molecule has 0 radical (unpaired) electrons. The van der Waals surface area contributed by atoms with Gasteiger partial charge in [-0.2, -0.15) is 9.57 Å². The number of carbonyl (C=O) groups is 1. The fourth-order valence-corrected chi connectivity index (χ4v) is 5.00. The molecule has 0 unspecified atom stereocenters. The topological polar surface area (TPSA) is 81.5 Å². The third kappa shape index (κ3) is 4.36. The second kappa shape index (κ2) is 8.74. The molecule has 1 fully saturated rings. The van der Waals surface area contributed by atoms with Gasteiger partial charge in [-0.15, -0.1) is 0 Å². The van der Waals surface area contributed by atoms with Crippen molar-refractivity contribution in [1.82, 2.24) is 9.21 Å². The molecular formula is C20H20ClN3O3S. The number of amides is 1. The molecule has 1 amide bonds. The molecule has 6 nitrogen and oxygen atoms in total. The second-order valence-electron chi connectivity index (χ2n) is 6.48. The summed E-state index contributed by atoms with van der Waals surface area (Å²) in [5.41, 5.74) is 1.05. The van der Waals surface area contributed by atoms with Gasteiger partial charge in [0.25, 0.3) is 0 Å². The van der Waals surface area contributed by atoms with Crippen molar-refractivity contribution < 1.29 is 13.2 Å². The predicted octanol–water partition coefficient (Wildman–Crippen LogP) is 2.68. The Bertz CT molecular complexity index is 1010. The first kappa shape index (κ1) is 20.3. The Balaban J connectivity index is 1.60. The smallest absolute Gasteiger partial charge is 0.244 e. The zero-order valence-electron chi connectivity index (χ0n) is 15.2. The predicted molar refractivity (Wildman–Crippen MR) is 106 cm³/mol. The Kier molecular flexibility index (Phi) is 6.35. The molecule has 0 saturated carbocycles. The molecule has 1 saturated heterocycles. The van der Waals surface area contributed by atoms with E-state index in [0.717, 1.165) is 5.56 Å². The first-order valence-electron chi connectivity index (χ1n) is 8.94. The van der Waals surface area contributed by atoms with Gasteiger partial charge in [-0.25, -0.2) is 8.42 Å². The summed E-state index contributed by atoms with van der Waals surface area (Å²) in [6, 6.07) is 15.5. The van der Waals surface area contributed by atoms with Crippen molar-refractivity contribution in [1.29, 1.82) is 5.26 Å². The first-order chi connectivity index (χ1) is 13.4. The standard InChI is InChI=1S/C20H20ClN3O3S/c21-18-7-3-1-5-16(18)9-10-20(25)23-11-13-24(14-12-23)28(26,27)19-8-4-2-6-17(19)15-22/h1-8H,9-14H2. The van der Waals surface area contributed by atoms with Crippen molar-refractivity contribution in [3.8, 4) is 6.07 Å². The molecule has 146 valence electrons. The average molecular weight is 418 g/mol. The molecule has 0 atom stereocenters. The summed E-state index contributed by atoms with van der Waals surface area (Å²) in [5.74, 6) is -0.0191. The molecule has 2 aromatic carbocycles. The Morgan fingerprint density at radius 2 is 1.68 bits per heavy atom. The zero-order valence-corrected chi connectivity index (χ0v) is 16.8. The highest BCUT2D eigenvalue weighted by Crippen LogP contribution is 2.22. The van der Waals surface area contributed by atoms with E-state index in [4.69, 9.17) is 11.6 Å². The SMILES string of the molecule is N#Cc1ccccc1S(=O)(=O)N1CCN(C(=O)CCc2ccccc2Cl)CC1. The largest absolute Gasteiger partial charge is 0.340 e. The molecule has 0 spiro atoms. The van der Waals surface area contributed by atoms with Crippen LogP contribution in [0.1, 0.15) is 17.5 Å². The highest BCUT2D eigenvalue weighted by atomic mass is 35.5. The fraction of sp³-hybridized carbons (Fsp3) is 0.300. The Morgan fingerprint density at radius 3 is 2.36 bits per heavy atom. The number of nitrogens with zero attached hydrogens (tertiary/aromatic N) is 3. The average Bonchev–Trinajstić information content (AvgIpc) is 2.73. The number of halogens is 1. The maximum atomic E-state index is 12.8. The quantitative estimate of drug-likeness (QED) is 0.748. The van der Waals surface area contributed by atoms with Crippen LogP contribution in [0, 0.1) is 11.3 Å². The van der Waals surface area contributed by atoms with E-state index in [1.807, 2.05) is 24.3 Å². The number of rotatable bonds is 5. The van der Waals surface area contributed by atoms with E-state index in [0.29, 0.717) is 31.0 Å². The van der Waals surface area contributed by atoms with Gasteiger partial charge < -0.3 is 4.90 Å². The second-order valence-corrected chi connectivity index (χ2v) is 8.80. The van der Waals surface area contributed by atoms with Crippen LogP contribution in [0.3, 0.4) is 0 Å². The number of piperazine rings is 1. The van der Waals surface area contributed by atoms with E-state index in [9.17, 15) is 18.5 Å². The summed E-state index contributed by atoms with van der Waals surface area (Å²) in [4.78, 5) is 14.2. The van der Waals surface area contributed by atoms with Crippen molar-refractivity contribution in [2.24, 2.45) is 0 Å². The van der Waals surface area contributed by atoms with Gasteiger partial charge >= 0.3 is 0 Å². The van der Waals surface area contributed by atoms with Gasteiger partial charge in [-0.05, 0) is 30.2 Å². The highest BCUT2D eigenvalue weighted by Gasteiger charge is 2.31. The minimum atomic E-state index is -3.76. The summed E-state index contributed by atoms with van der Waals surface area (Å²) in [6.07, 6.45) is 0.875. The minimum Gasteiger partial charge on any atom is -0.340 e. The van der Waals surface area contributed by atoms with Gasteiger partial charge in [0.15, 0.2) is 0 Å². The number of hydrogen-bond acceptors (Lipinski definition) is 4. The maximum Gasteiger partial charge on any atom is 0.244 e. The van der Waals surface area contributed by atoms with E-state index in [2.05, 4.69) is 0 Å². The summed E-state index contributed by atoms with van der Waals surface area (Å²) >= 11 is 6.12. The van der Waals surface area contributed by atoms with Crippen LogP contribution in [-0.2, 0) is 21.2 Å². The number of aryl methyl sites for hydroxylation is 1. The Morgan fingerprint density at radius 1 is 1.04 bits per heavy atom. The van der Waals surface area contributed by atoms with Crippen LogP contribution >= 0.6 is 11.6 Å². The maximum absolute atomic E-state index is 12.8. The lowest BCUT2D eigenvalue weighted by Gasteiger charge is -2.34. The zero-order chi connectivity index (χ0) is 20.1. The monoisotopic (exact) mass is 417 g/mol. The molecule has 0 N–H and O–H groups in total. The van der Waals surface area contributed by atoms with Gasteiger partial charge in [0.1, 0.15) is 6.07 Å². The lowest BCUT2D eigenvalue weighted by molar-refractivity contribution is -0.132. The van der Waals surface area contributed by atoms with Crippen molar-refractivity contribution in [3.05, 3.63) is 64.7 Å². The summed E-state index contributed by atoms with van der Waals surface area (Å²) in [7, 11) is -3.76. The third-order valence-electron chi connectivity index (χ3n) is 4.78. The van der Waals surface area contributed by atoms with Gasteiger partial charge in [0.2, 0.25) is 15.9 Å². The normalized spacial score (nSPS) is 15.2. The number of nitriles is 1. The van der Waals surface area contributed by atoms with Gasteiger partial charge in [-0.3, -0.25) is 4.79 Å². The minimum absolute atomic E-state index is 0.0102. The Hall–Kier alpha value is -2.40. The van der Waals surface area contributed by atoms with E-state index < -0.39 is 10.0 Å². The summed E-state index contributed by atoms with van der Waals surface area (Å²) in [5, 5.41) is 9.81. The highest BCUT2D eigenvalue weighted by molar-refractivity contribution is 7.89. The molecule has 3 rings (SSSR count). The van der Waals surface area contributed by atoms with Crippen LogP contribution in [0.4, 0.5) is 0 Å². The molecule has 0 aliphatic carbocycles. The lowest BCUT2D eigenvalue weighted by atomic mass is 10.1. The summed E-state index contributed by atoms with van der Waals surface area (Å²) < 4.78 is 27.0. The number of sulfonamides is 1. The van der Waals surface area contributed by atoms with Gasteiger partial charge in [-0.1, -0.05) is 41.9 Å². The van der Waals surface area contributed by atoms with Crippen LogP contribution in [0.5, 0.6) is 0 Å². The number of benzene rings is 2. The van der Waals surface area contributed by atoms with E-state index >= 15 is 0 Å². The molecule has 28 heavy (non-hydrogen) atoms. The van der Waals surface area contributed by atoms with Crippen LogP contribution in [0.25, 0.3) is 0 Å². The van der Waals surface area contributed by atoms with E-state index in [1.54, 1.807) is 23.1 Å². The molecule has 1 aliphatic heterocycles. The molecular weight excluding hydrogens is 398 g/mol. The fourth-order valence-electron chi connectivity index (χ4n) is 3.20. The van der Waals surface area contributed by atoms with Crippen LogP contribution < -0.4 is 0 Å². The number of carbonyl (C=O) groups excluding carboxylic acids is 1. The van der Waals surface area contributed by atoms with Crippen LogP contribution in [0.15, 0.2) is 53.4 Å². The lowest BCUT2D eigenvalue weighted by Crippen LogP contribution is -2.50. The van der Waals surface area contributed by atoms with Crippen molar-refractivity contribution >= 4 is 27.5 Å². The first-order valence-corrected chi connectivity index (χ1v) is 10.8. The third-order valence-corrected chi connectivity index (χ3v) is 7.11. The van der Waals surface area contributed by atoms with E-state index in [-0.39, 0.29) is 29.5 Å². The molecule has 1 heterocycles. The van der Waals surface area contributed by atoms with E-state index in [1.165, 1.54) is 16.4 Å². The molecule has 1 aliphatic rings. The van der Waals surface area contributed by atoms with Crippen molar-refractivity contribution in [3.63, 3.8) is 0 Å². The van der Waals surface area contributed by atoms with Crippen molar-refractivity contribution in [2.45, 2.75) is 17.7 Å². The molecule has 2 aromatic rings. The Labute approximate surface area is 170 Å². The van der Waals surface area contributed by atoms with Crippen LogP contribution in [-0.4, -0.2) is 49.7 Å². The van der Waals surface area contributed by atoms with Crippen LogP contribution in [0.2, 0.25) is 5.02 Å². The summed E-state index contributed by atoms with van der Waals surface area (Å²) in [6.45, 7) is 1.07. The van der Waals surface area contributed by atoms with Crippen molar-refractivity contribution in [2.75, 3.05) is 26.2 Å².